The normalized spacial score (nSPS) is 23.2. The zero-order chi connectivity index (χ0) is 66.6. The van der Waals surface area contributed by atoms with E-state index in [1.807, 2.05) is 6.08 Å². The fourth-order valence-corrected chi connectivity index (χ4v) is 11.8. The number of carbonyl (C=O) groups is 1. The number of carbonyl (C=O) groups excluding carboxylic acids is 1. The lowest BCUT2D eigenvalue weighted by molar-refractivity contribution is -0.359. The molecule has 1 amide bonds. The molecule has 0 radical (unpaired) electrons. The largest absolute Gasteiger partial charge is 0.394 e. The smallest absolute Gasteiger partial charge is 0.220 e. The lowest BCUT2D eigenvalue weighted by Crippen LogP contribution is -2.65. The van der Waals surface area contributed by atoms with Gasteiger partial charge >= 0.3 is 0 Å². The van der Waals surface area contributed by atoms with Crippen LogP contribution in [0.1, 0.15) is 296 Å². The monoisotopic (exact) mass is 1300 g/mol. The van der Waals surface area contributed by atoms with Crippen LogP contribution in [-0.2, 0) is 23.7 Å². The summed E-state index contributed by atoms with van der Waals surface area (Å²) in [4.78, 5) is 13.3. The maximum absolute atomic E-state index is 13.3. The summed E-state index contributed by atoms with van der Waals surface area (Å²) in [6, 6.07) is -0.945. The molecule has 2 rings (SSSR count). The highest BCUT2D eigenvalue weighted by Gasteiger charge is 2.51. The number of aliphatic hydroxyl groups excluding tert-OH is 8. The van der Waals surface area contributed by atoms with Gasteiger partial charge in [-0.25, -0.2) is 0 Å². The predicted molar refractivity (Wildman–Crippen MR) is 378 cm³/mol. The van der Waals surface area contributed by atoms with Crippen LogP contribution < -0.4 is 5.32 Å². The minimum absolute atomic E-state index is 0.258. The molecule has 9 N–H and O–H groups in total. The second kappa shape index (κ2) is 61.5. The van der Waals surface area contributed by atoms with Crippen molar-refractivity contribution >= 4 is 5.91 Å². The molecule has 2 heterocycles. The van der Waals surface area contributed by atoms with Crippen molar-refractivity contribution < 1.29 is 64.6 Å². The van der Waals surface area contributed by atoms with Crippen molar-refractivity contribution in [1.29, 1.82) is 0 Å². The third-order valence-corrected chi connectivity index (χ3v) is 17.8. The Hall–Kier alpha value is -3.09. The zero-order valence-corrected chi connectivity index (χ0v) is 58.0. The highest BCUT2D eigenvalue weighted by molar-refractivity contribution is 5.76. The summed E-state index contributed by atoms with van der Waals surface area (Å²) in [5, 5.41) is 87.5. The summed E-state index contributed by atoms with van der Waals surface area (Å²) in [5.41, 5.74) is 0. The fourth-order valence-electron chi connectivity index (χ4n) is 11.8. The Morgan fingerprint density at radius 3 is 1.20 bits per heavy atom. The number of amides is 1. The zero-order valence-electron chi connectivity index (χ0n) is 58.0. The van der Waals surface area contributed by atoms with E-state index in [4.69, 9.17) is 18.9 Å². The van der Waals surface area contributed by atoms with Crippen LogP contribution in [0.3, 0.4) is 0 Å². The average Bonchev–Trinajstić information content (AvgIpc) is 0.882. The van der Waals surface area contributed by atoms with E-state index in [1.165, 1.54) is 180 Å². The molecule has 2 fully saturated rings. The van der Waals surface area contributed by atoms with Crippen molar-refractivity contribution in [2.75, 3.05) is 19.8 Å². The molecule has 532 valence electrons. The molecule has 14 nitrogen and oxygen atoms in total. The van der Waals surface area contributed by atoms with Gasteiger partial charge in [0.25, 0.3) is 0 Å². The van der Waals surface area contributed by atoms with Crippen molar-refractivity contribution in [2.24, 2.45) is 0 Å². The number of ether oxygens (including phenoxy) is 4. The molecule has 0 spiro atoms. The first-order chi connectivity index (χ1) is 45.1. The Labute approximate surface area is 560 Å². The van der Waals surface area contributed by atoms with Crippen LogP contribution in [-0.4, -0.2) is 140 Å². The van der Waals surface area contributed by atoms with Crippen LogP contribution in [0.25, 0.3) is 0 Å². The Morgan fingerprint density at radius 1 is 0.402 bits per heavy atom. The number of hydrogen-bond donors (Lipinski definition) is 9. The summed E-state index contributed by atoms with van der Waals surface area (Å²) in [7, 11) is 0. The van der Waals surface area contributed by atoms with E-state index >= 15 is 0 Å². The lowest BCUT2D eigenvalue weighted by Gasteiger charge is -2.46. The quantitative estimate of drug-likeness (QED) is 0.0204. The molecule has 12 unspecified atom stereocenters. The maximum atomic E-state index is 13.3. The molecule has 12 atom stereocenters. The molecule has 92 heavy (non-hydrogen) atoms. The van der Waals surface area contributed by atoms with E-state index in [1.54, 1.807) is 6.08 Å². The van der Waals surface area contributed by atoms with Gasteiger partial charge in [0, 0.05) is 6.42 Å². The number of hydrogen-bond acceptors (Lipinski definition) is 13. The van der Waals surface area contributed by atoms with Gasteiger partial charge in [0.2, 0.25) is 5.91 Å². The Kier molecular flexibility index (Phi) is 56.8. The van der Waals surface area contributed by atoms with Crippen LogP contribution in [0.5, 0.6) is 0 Å². The van der Waals surface area contributed by atoms with Gasteiger partial charge in [0.15, 0.2) is 12.6 Å². The van der Waals surface area contributed by atoms with E-state index in [2.05, 4.69) is 104 Å². The van der Waals surface area contributed by atoms with Gasteiger partial charge in [-0.3, -0.25) is 4.79 Å². The fraction of sp³-hybridized carbons (Fsp3) is 0.782. The molecule has 2 saturated heterocycles. The summed E-state index contributed by atoms with van der Waals surface area (Å²) >= 11 is 0. The highest BCUT2D eigenvalue weighted by Crippen LogP contribution is 2.30. The topological polar surface area (TPSA) is 228 Å². The molecule has 0 aromatic rings. The minimum atomic E-state index is -1.80. The van der Waals surface area contributed by atoms with Gasteiger partial charge in [-0.1, -0.05) is 304 Å². The second-order valence-corrected chi connectivity index (χ2v) is 26.0. The third kappa shape index (κ3) is 44.6. The Bertz CT molecular complexity index is 1920. The van der Waals surface area contributed by atoms with Gasteiger partial charge < -0.3 is 65.1 Å². The van der Waals surface area contributed by atoms with Crippen molar-refractivity contribution in [1.82, 2.24) is 5.32 Å². The molecule has 2 aliphatic heterocycles. The van der Waals surface area contributed by atoms with Crippen molar-refractivity contribution in [3.63, 3.8) is 0 Å². The molecule has 2 aliphatic rings. The molecule has 0 aromatic carbocycles. The van der Waals surface area contributed by atoms with Gasteiger partial charge in [0.05, 0.1) is 32.0 Å². The Morgan fingerprint density at radius 2 is 0.761 bits per heavy atom. The summed E-state index contributed by atoms with van der Waals surface area (Å²) in [6.07, 6.45) is 70.4. The summed E-state index contributed by atoms with van der Waals surface area (Å²) in [5.74, 6) is -0.259. The molecule has 0 saturated carbocycles. The van der Waals surface area contributed by atoms with E-state index in [0.717, 1.165) is 83.5 Å². The Balaban J connectivity index is 1.68. The standard InChI is InChI=1S/C78H137NO13/c1-3-5-7-9-11-13-15-17-19-21-23-25-27-29-31-32-33-34-36-37-39-41-43-45-47-49-51-53-55-57-59-61-67(82)66(65-89-77-75(88)73(86)76(69(64-81)91-77)92-78-74(87)72(85)71(84)68(63-80)90-78)79-70(83)62-60-58-56-54-52-50-48-46-44-42-40-38-35-30-28-26-24-22-20-18-16-14-12-10-8-6-4-2/h6,8,12,14,18,20,24,26,30,35,40,42,51,53,59,61,66-69,71-78,80-82,84-88H,3-5,7,9-11,13,15-17,19,21-23,25,27-29,31-34,36-39,41,43-50,52,54-58,60,62-65H2,1-2H3,(H,79,83)/b8-6-,14-12-,20-18-,26-24-,35-30-,42-40-,53-51+,61-59+. The number of unbranched alkanes of at least 4 members (excludes halogenated alkanes) is 34. The van der Waals surface area contributed by atoms with Crippen LogP contribution in [0.4, 0.5) is 0 Å². The molecular weight excluding hydrogens is 1160 g/mol. The van der Waals surface area contributed by atoms with E-state index in [0.29, 0.717) is 12.8 Å². The van der Waals surface area contributed by atoms with Crippen LogP contribution in [0, 0.1) is 0 Å². The predicted octanol–water partition coefficient (Wildman–Crippen LogP) is 16.1. The van der Waals surface area contributed by atoms with Gasteiger partial charge in [-0.15, -0.1) is 0 Å². The van der Waals surface area contributed by atoms with Crippen molar-refractivity contribution in [3.05, 3.63) is 97.2 Å². The number of nitrogens with one attached hydrogen (secondary N) is 1. The average molecular weight is 1300 g/mol. The molecule has 14 heteroatoms. The van der Waals surface area contributed by atoms with E-state index < -0.39 is 86.8 Å². The molecule has 0 bridgehead atoms. The van der Waals surface area contributed by atoms with Crippen LogP contribution >= 0.6 is 0 Å². The van der Waals surface area contributed by atoms with Crippen LogP contribution in [0.15, 0.2) is 97.2 Å². The third-order valence-electron chi connectivity index (χ3n) is 17.8. The van der Waals surface area contributed by atoms with Gasteiger partial charge in [0.1, 0.15) is 48.8 Å². The number of allylic oxidation sites excluding steroid dienone is 15. The van der Waals surface area contributed by atoms with E-state index in [9.17, 15) is 45.6 Å². The second-order valence-electron chi connectivity index (χ2n) is 26.0. The van der Waals surface area contributed by atoms with E-state index in [-0.39, 0.29) is 18.9 Å². The first-order valence-corrected chi connectivity index (χ1v) is 37.5. The first kappa shape index (κ1) is 85.0. The molecule has 0 aliphatic carbocycles. The van der Waals surface area contributed by atoms with Gasteiger partial charge in [-0.2, -0.15) is 0 Å². The lowest BCUT2D eigenvalue weighted by atomic mass is 9.97. The molecular formula is C78H137NO13. The van der Waals surface area contributed by atoms with Crippen LogP contribution in [0.2, 0.25) is 0 Å². The number of rotatable bonds is 61. The SMILES string of the molecule is CC/C=C\C/C=C\C/C=C\C/C=C\C/C=C\C/C=C\CCCCCCCCCCC(=O)NC(COC1OC(CO)C(OC2OC(CO)C(O)C(O)C2O)C(O)C1O)C(O)/C=C/CC/C=C/CCCCCCCCCCCCCCCCCCCCCCCCCCC. The highest BCUT2D eigenvalue weighted by atomic mass is 16.7. The van der Waals surface area contributed by atoms with Gasteiger partial charge in [-0.05, 0) is 83.5 Å². The first-order valence-electron chi connectivity index (χ1n) is 37.5. The summed E-state index contributed by atoms with van der Waals surface area (Å²) in [6.45, 7) is 2.69. The summed E-state index contributed by atoms with van der Waals surface area (Å²) < 4.78 is 22.9. The van der Waals surface area contributed by atoms with Crippen molar-refractivity contribution in [2.45, 2.75) is 370 Å². The minimum Gasteiger partial charge on any atom is -0.394 e. The maximum Gasteiger partial charge on any atom is 0.220 e. The van der Waals surface area contributed by atoms with Crippen molar-refractivity contribution in [3.8, 4) is 0 Å². The number of aliphatic hydroxyl groups is 8. The molecule has 0 aromatic heterocycles.